The van der Waals surface area contributed by atoms with Crippen LogP contribution in [0.1, 0.15) is 30.0 Å². The second-order valence-electron chi connectivity index (χ2n) is 4.18. The van der Waals surface area contributed by atoms with Crippen molar-refractivity contribution in [3.05, 3.63) is 59.3 Å². The molecule has 1 atom stereocenters. The van der Waals surface area contributed by atoms with Gasteiger partial charge in [0.15, 0.2) is 0 Å². The molecule has 2 aromatic rings. The van der Waals surface area contributed by atoms with Crippen LogP contribution in [0.4, 0.5) is 4.39 Å². The summed E-state index contributed by atoms with van der Waals surface area (Å²) in [6, 6.07) is 10.1. The number of aliphatic hydroxyl groups is 1. The number of aliphatic hydroxyl groups excluding tert-OH is 1. The molecule has 1 heterocycles. The van der Waals surface area contributed by atoms with Crippen LogP contribution >= 0.6 is 0 Å². The summed E-state index contributed by atoms with van der Waals surface area (Å²) < 4.78 is 18.1. The first-order valence-corrected chi connectivity index (χ1v) is 5.86. The average molecular weight is 249 g/mol. The number of halogens is 1. The highest BCUT2D eigenvalue weighted by Gasteiger charge is 2.06. The van der Waals surface area contributed by atoms with E-state index < -0.39 is 0 Å². The Kier molecular flexibility index (Phi) is 4.12. The number of hydrogen-bond acceptors (Lipinski definition) is 3. The van der Waals surface area contributed by atoms with Gasteiger partial charge < -0.3 is 14.8 Å². The largest absolute Gasteiger partial charge is 0.462 e. The highest BCUT2D eigenvalue weighted by atomic mass is 19.1. The Bertz CT molecular complexity index is 493. The smallest absolute Gasteiger partial charge is 0.129 e. The first-order chi connectivity index (χ1) is 8.69. The summed E-state index contributed by atoms with van der Waals surface area (Å²) in [4.78, 5) is 0. The molecule has 0 bridgehead atoms. The topological polar surface area (TPSA) is 45.4 Å². The fourth-order valence-electron chi connectivity index (χ4n) is 1.73. The number of benzene rings is 1. The average Bonchev–Trinajstić information content (AvgIpc) is 2.85. The molecule has 2 N–H and O–H groups in total. The van der Waals surface area contributed by atoms with Gasteiger partial charge >= 0.3 is 0 Å². The Hall–Kier alpha value is -1.65. The summed E-state index contributed by atoms with van der Waals surface area (Å²) >= 11 is 0. The standard InChI is InChI=1S/C14H16FNO2/c1-10(11-2-4-12(15)5-3-11)16-8-13-6-7-14(9-17)18-13/h2-7,10,16-17H,8-9H2,1H3/t10-/m0/s1. The van der Waals surface area contributed by atoms with E-state index in [0.29, 0.717) is 12.3 Å². The Labute approximate surface area is 105 Å². The summed E-state index contributed by atoms with van der Waals surface area (Å²) in [7, 11) is 0. The Balaban J connectivity index is 1.91. The van der Waals surface area contributed by atoms with E-state index in [1.807, 2.05) is 13.0 Å². The molecule has 18 heavy (non-hydrogen) atoms. The third-order valence-corrected chi connectivity index (χ3v) is 2.83. The first kappa shape index (κ1) is 12.8. The summed E-state index contributed by atoms with van der Waals surface area (Å²) in [5.74, 6) is 1.10. The van der Waals surface area contributed by atoms with E-state index >= 15 is 0 Å². The summed E-state index contributed by atoms with van der Waals surface area (Å²) in [5.41, 5.74) is 1.02. The van der Waals surface area contributed by atoms with Crippen LogP contribution in [-0.2, 0) is 13.2 Å². The van der Waals surface area contributed by atoms with Gasteiger partial charge in [-0.3, -0.25) is 0 Å². The van der Waals surface area contributed by atoms with Crippen molar-refractivity contribution in [1.29, 1.82) is 0 Å². The maximum absolute atomic E-state index is 12.8. The lowest BCUT2D eigenvalue weighted by atomic mass is 10.1. The fourth-order valence-corrected chi connectivity index (χ4v) is 1.73. The molecule has 0 amide bonds. The predicted octanol–water partition coefficient (Wildman–Crippen LogP) is 2.76. The number of furan rings is 1. The van der Waals surface area contributed by atoms with Crippen LogP contribution in [0, 0.1) is 5.82 Å². The van der Waals surface area contributed by atoms with Crippen molar-refractivity contribution in [2.75, 3.05) is 0 Å². The van der Waals surface area contributed by atoms with Crippen LogP contribution in [0.5, 0.6) is 0 Å². The highest BCUT2D eigenvalue weighted by Crippen LogP contribution is 2.14. The predicted molar refractivity (Wildman–Crippen MR) is 66.3 cm³/mol. The van der Waals surface area contributed by atoms with Gasteiger partial charge in [0.2, 0.25) is 0 Å². The first-order valence-electron chi connectivity index (χ1n) is 5.86. The van der Waals surface area contributed by atoms with Crippen molar-refractivity contribution >= 4 is 0 Å². The Morgan fingerprint density at radius 1 is 1.17 bits per heavy atom. The molecular formula is C14H16FNO2. The molecule has 0 aliphatic carbocycles. The van der Waals surface area contributed by atoms with Gasteiger partial charge in [-0.25, -0.2) is 4.39 Å². The second-order valence-corrected chi connectivity index (χ2v) is 4.18. The van der Waals surface area contributed by atoms with E-state index in [1.165, 1.54) is 12.1 Å². The molecule has 0 spiro atoms. The third-order valence-electron chi connectivity index (χ3n) is 2.83. The van der Waals surface area contributed by atoms with Gasteiger partial charge in [0.25, 0.3) is 0 Å². The van der Waals surface area contributed by atoms with Crippen LogP contribution in [0.2, 0.25) is 0 Å². The number of nitrogens with one attached hydrogen (secondary N) is 1. The minimum Gasteiger partial charge on any atom is -0.462 e. The van der Waals surface area contributed by atoms with E-state index in [4.69, 9.17) is 9.52 Å². The van der Waals surface area contributed by atoms with Crippen LogP contribution in [-0.4, -0.2) is 5.11 Å². The molecule has 0 fully saturated rings. The molecule has 0 aliphatic heterocycles. The van der Waals surface area contributed by atoms with Crippen molar-refractivity contribution in [2.24, 2.45) is 0 Å². The maximum atomic E-state index is 12.8. The van der Waals surface area contributed by atoms with Gasteiger partial charge in [0, 0.05) is 6.04 Å². The van der Waals surface area contributed by atoms with Gasteiger partial charge in [-0.15, -0.1) is 0 Å². The van der Waals surface area contributed by atoms with E-state index in [2.05, 4.69) is 5.32 Å². The lowest BCUT2D eigenvalue weighted by Crippen LogP contribution is -2.17. The van der Waals surface area contributed by atoms with Crippen LogP contribution in [0.25, 0.3) is 0 Å². The zero-order valence-electron chi connectivity index (χ0n) is 10.2. The molecule has 0 radical (unpaired) electrons. The lowest BCUT2D eigenvalue weighted by molar-refractivity contribution is 0.242. The molecule has 0 saturated carbocycles. The normalized spacial score (nSPS) is 12.6. The van der Waals surface area contributed by atoms with E-state index in [0.717, 1.165) is 11.3 Å². The molecule has 1 aromatic carbocycles. The molecule has 4 heteroatoms. The Morgan fingerprint density at radius 3 is 2.44 bits per heavy atom. The molecule has 0 aliphatic rings. The summed E-state index contributed by atoms with van der Waals surface area (Å²) in [6.07, 6.45) is 0. The zero-order chi connectivity index (χ0) is 13.0. The van der Waals surface area contributed by atoms with Gasteiger partial charge in [-0.05, 0) is 36.8 Å². The number of rotatable bonds is 5. The second kappa shape index (κ2) is 5.80. The molecule has 3 nitrogen and oxygen atoms in total. The fraction of sp³-hybridized carbons (Fsp3) is 0.286. The van der Waals surface area contributed by atoms with Crippen LogP contribution in [0.15, 0.2) is 40.8 Å². The van der Waals surface area contributed by atoms with Crippen molar-refractivity contribution in [3.63, 3.8) is 0 Å². The quantitative estimate of drug-likeness (QED) is 0.856. The van der Waals surface area contributed by atoms with Gasteiger partial charge in [-0.2, -0.15) is 0 Å². The minimum atomic E-state index is -0.232. The van der Waals surface area contributed by atoms with Crippen LogP contribution < -0.4 is 5.32 Å². The highest BCUT2D eigenvalue weighted by molar-refractivity contribution is 5.19. The summed E-state index contributed by atoms with van der Waals surface area (Å²) in [6.45, 7) is 2.48. The van der Waals surface area contributed by atoms with Gasteiger partial charge in [-0.1, -0.05) is 12.1 Å². The molecule has 1 aromatic heterocycles. The Morgan fingerprint density at radius 2 is 1.83 bits per heavy atom. The molecule has 0 saturated heterocycles. The minimum absolute atomic E-state index is 0.0898. The van der Waals surface area contributed by atoms with Crippen LogP contribution in [0.3, 0.4) is 0 Å². The maximum Gasteiger partial charge on any atom is 0.129 e. The van der Waals surface area contributed by atoms with Crippen molar-refractivity contribution in [1.82, 2.24) is 5.32 Å². The van der Waals surface area contributed by atoms with E-state index in [1.54, 1.807) is 18.2 Å². The third kappa shape index (κ3) is 3.18. The molecular weight excluding hydrogens is 233 g/mol. The SMILES string of the molecule is C[C@H](NCc1ccc(CO)o1)c1ccc(F)cc1. The molecule has 0 unspecified atom stereocenters. The lowest BCUT2D eigenvalue weighted by Gasteiger charge is -2.13. The van der Waals surface area contributed by atoms with E-state index in [9.17, 15) is 4.39 Å². The van der Waals surface area contributed by atoms with E-state index in [-0.39, 0.29) is 18.5 Å². The van der Waals surface area contributed by atoms with Crippen molar-refractivity contribution < 1.29 is 13.9 Å². The monoisotopic (exact) mass is 249 g/mol. The summed E-state index contributed by atoms with van der Waals surface area (Å²) in [5, 5.41) is 12.2. The van der Waals surface area contributed by atoms with Crippen molar-refractivity contribution in [3.8, 4) is 0 Å². The zero-order valence-corrected chi connectivity index (χ0v) is 10.2. The number of hydrogen-bond donors (Lipinski definition) is 2. The molecule has 96 valence electrons. The van der Waals surface area contributed by atoms with Gasteiger partial charge in [0.1, 0.15) is 23.9 Å². The molecule has 2 rings (SSSR count). The van der Waals surface area contributed by atoms with Crippen molar-refractivity contribution in [2.45, 2.75) is 26.1 Å². The van der Waals surface area contributed by atoms with Gasteiger partial charge in [0.05, 0.1) is 6.54 Å².